The molecule has 0 saturated carbocycles. The minimum absolute atomic E-state index is 0.455. The molecule has 0 aliphatic rings. The van der Waals surface area contributed by atoms with Gasteiger partial charge in [0, 0.05) is 31.9 Å². The maximum atomic E-state index is 12.0. The largest absolute Gasteiger partial charge is 0.366 e. The van der Waals surface area contributed by atoms with E-state index >= 15 is 0 Å². The van der Waals surface area contributed by atoms with Crippen LogP contribution in [0.25, 0.3) is 21.8 Å². The lowest BCUT2D eigenvalue weighted by Crippen LogP contribution is -2.11. The van der Waals surface area contributed by atoms with Crippen molar-refractivity contribution in [2.75, 3.05) is 0 Å². The van der Waals surface area contributed by atoms with E-state index in [1.165, 1.54) is 0 Å². The topological polar surface area (TPSA) is 48.0 Å². The normalized spacial score (nSPS) is 11.4. The van der Waals surface area contributed by atoms with E-state index in [-0.39, 0.29) is 0 Å². The number of hydrogen-bond donors (Lipinski definition) is 1. The van der Waals surface area contributed by atoms with Crippen LogP contribution in [-0.4, -0.2) is 10.5 Å². The summed E-state index contributed by atoms with van der Waals surface area (Å²) in [5.41, 5.74) is 10.0. The molecule has 4 aromatic rings. The number of carbonyl (C=O) groups is 1. The van der Waals surface area contributed by atoms with E-state index in [4.69, 9.17) is 28.9 Å². The lowest BCUT2D eigenvalue weighted by molar-refractivity contribution is 0.100. The third kappa shape index (κ3) is 2.97. The fourth-order valence-electron chi connectivity index (χ4n) is 3.52. The first-order valence-electron chi connectivity index (χ1n) is 8.69. The molecule has 1 amide bonds. The summed E-state index contributed by atoms with van der Waals surface area (Å²) < 4.78 is 2.12. The van der Waals surface area contributed by atoms with E-state index in [0.717, 1.165) is 39.4 Å². The standard InChI is InChI=1S/C22H17Cl2N2O/c1-2-13-9-10-14-20(11-13)26(12-16-17(23)6-4-7-18(16)24)19-8-3-5-15(21(14)19)22(25)27/h3-9,11H,2,12H2,1H3,(H2,25,27). The van der Waals surface area contributed by atoms with E-state index in [1.807, 2.05) is 36.4 Å². The Bertz CT molecular complexity index is 1170. The summed E-state index contributed by atoms with van der Waals surface area (Å²) in [6.45, 7) is 2.59. The Morgan fingerprint density at radius 1 is 1.11 bits per heavy atom. The van der Waals surface area contributed by atoms with Crippen molar-refractivity contribution in [3.05, 3.63) is 81.3 Å². The van der Waals surface area contributed by atoms with Gasteiger partial charge in [0.05, 0.1) is 17.6 Å². The number of nitrogens with two attached hydrogens (primary N) is 1. The van der Waals surface area contributed by atoms with Crippen LogP contribution in [0.2, 0.25) is 10.0 Å². The van der Waals surface area contributed by atoms with Crippen molar-refractivity contribution in [2.45, 2.75) is 19.9 Å². The Morgan fingerprint density at radius 2 is 1.81 bits per heavy atom. The molecule has 0 aliphatic heterocycles. The molecule has 2 N–H and O–H groups in total. The molecule has 4 rings (SSSR count). The van der Waals surface area contributed by atoms with Gasteiger partial charge in [-0.15, -0.1) is 0 Å². The average Bonchev–Trinajstić information content (AvgIpc) is 2.97. The first kappa shape index (κ1) is 17.9. The van der Waals surface area contributed by atoms with Crippen LogP contribution in [0.15, 0.2) is 48.5 Å². The van der Waals surface area contributed by atoms with Gasteiger partial charge in [-0.1, -0.05) is 48.3 Å². The zero-order valence-corrected chi connectivity index (χ0v) is 16.2. The fourth-order valence-corrected chi connectivity index (χ4v) is 4.04. The smallest absolute Gasteiger partial charge is 0.249 e. The number of hydrogen-bond acceptors (Lipinski definition) is 1. The summed E-state index contributed by atoms with van der Waals surface area (Å²) >= 11 is 12.8. The van der Waals surface area contributed by atoms with Gasteiger partial charge in [-0.25, -0.2) is 0 Å². The van der Waals surface area contributed by atoms with Crippen LogP contribution >= 0.6 is 23.2 Å². The van der Waals surface area contributed by atoms with Crippen molar-refractivity contribution in [1.29, 1.82) is 0 Å². The van der Waals surface area contributed by atoms with E-state index in [9.17, 15) is 4.79 Å². The van der Waals surface area contributed by atoms with Gasteiger partial charge in [-0.05, 0) is 48.4 Å². The monoisotopic (exact) mass is 395 g/mol. The predicted octanol–water partition coefficient (Wildman–Crippen LogP) is 5.61. The first-order chi connectivity index (χ1) is 13.0. The van der Waals surface area contributed by atoms with Crippen LogP contribution in [0.4, 0.5) is 0 Å². The molecule has 135 valence electrons. The summed E-state index contributed by atoms with van der Waals surface area (Å²) in [6.07, 6.45) is 0.892. The van der Waals surface area contributed by atoms with Gasteiger partial charge in [0.1, 0.15) is 0 Å². The minimum atomic E-state index is -0.455. The fraction of sp³-hybridized carbons (Fsp3) is 0.136. The maximum absolute atomic E-state index is 12.0. The number of aryl methyl sites for hydroxylation is 1. The molecule has 1 radical (unpaired) electrons. The summed E-state index contributed by atoms with van der Waals surface area (Å²) in [5.74, 6) is -0.455. The van der Waals surface area contributed by atoms with Crippen LogP contribution in [0.1, 0.15) is 28.4 Å². The predicted molar refractivity (Wildman–Crippen MR) is 112 cm³/mol. The Labute approximate surface area is 167 Å². The molecule has 1 heterocycles. The molecule has 1 aromatic heterocycles. The number of carbonyl (C=O) groups excluding carboxylic acids is 1. The van der Waals surface area contributed by atoms with Crippen LogP contribution in [-0.2, 0) is 13.0 Å². The van der Waals surface area contributed by atoms with Crippen molar-refractivity contribution in [2.24, 2.45) is 5.73 Å². The maximum Gasteiger partial charge on any atom is 0.249 e. The Hall–Kier alpha value is -2.49. The van der Waals surface area contributed by atoms with Gasteiger partial charge in [-0.2, -0.15) is 0 Å². The third-order valence-corrected chi connectivity index (χ3v) is 5.61. The molecule has 0 bridgehead atoms. The summed E-state index contributed by atoms with van der Waals surface area (Å²) in [4.78, 5) is 12.0. The second-order valence-corrected chi connectivity index (χ2v) is 7.29. The molecule has 0 atom stereocenters. The second kappa shape index (κ2) is 6.91. The van der Waals surface area contributed by atoms with E-state index in [0.29, 0.717) is 22.2 Å². The lowest BCUT2D eigenvalue weighted by atomic mass is 10.0. The zero-order valence-electron chi connectivity index (χ0n) is 14.7. The van der Waals surface area contributed by atoms with Crippen molar-refractivity contribution < 1.29 is 4.79 Å². The van der Waals surface area contributed by atoms with Crippen molar-refractivity contribution in [3.8, 4) is 0 Å². The van der Waals surface area contributed by atoms with Gasteiger partial charge in [0.15, 0.2) is 0 Å². The first-order valence-corrected chi connectivity index (χ1v) is 9.45. The molecule has 27 heavy (non-hydrogen) atoms. The van der Waals surface area contributed by atoms with Crippen LogP contribution in [0, 0.1) is 6.07 Å². The molecule has 0 fully saturated rings. The van der Waals surface area contributed by atoms with Gasteiger partial charge in [0.25, 0.3) is 0 Å². The van der Waals surface area contributed by atoms with Crippen molar-refractivity contribution in [1.82, 2.24) is 4.57 Å². The molecule has 3 nitrogen and oxygen atoms in total. The van der Waals surface area contributed by atoms with Gasteiger partial charge in [-0.3, -0.25) is 4.79 Å². The molecule has 0 unspecified atom stereocenters. The number of rotatable bonds is 4. The van der Waals surface area contributed by atoms with Crippen LogP contribution in [0.5, 0.6) is 0 Å². The van der Waals surface area contributed by atoms with Crippen molar-refractivity contribution in [3.63, 3.8) is 0 Å². The highest BCUT2D eigenvalue weighted by molar-refractivity contribution is 6.36. The molecular formula is C22H17Cl2N2O. The zero-order chi connectivity index (χ0) is 19.1. The second-order valence-electron chi connectivity index (χ2n) is 6.47. The lowest BCUT2D eigenvalue weighted by Gasteiger charge is -2.11. The molecule has 0 aliphatic carbocycles. The number of benzene rings is 3. The molecular weight excluding hydrogens is 379 g/mol. The van der Waals surface area contributed by atoms with Gasteiger partial charge in [0.2, 0.25) is 5.91 Å². The Balaban J connectivity index is 2.08. The summed E-state index contributed by atoms with van der Waals surface area (Å²) in [6, 6.07) is 18.5. The number of amides is 1. The highest BCUT2D eigenvalue weighted by Gasteiger charge is 2.18. The highest BCUT2D eigenvalue weighted by Crippen LogP contribution is 2.34. The average molecular weight is 396 g/mol. The SMILES string of the molecule is CCc1c[c]c2c3c(C(N)=O)cccc3n(Cc3c(Cl)cccc3Cl)c2c1. The Kier molecular flexibility index (Phi) is 4.58. The molecule has 5 heteroatoms. The minimum Gasteiger partial charge on any atom is -0.366 e. The highest BCUT2D eigenvalue weighted by atomic mass is 35.5. The van der Waals surface area contributed by atoms with E-state index < -0.39 is 5.91 Å². The Morgan fingerprint density at radius 3 is 2.48 bits per heavy atom. The number of aromatic nitrogens is 1. The van der Waals surface area contributed by atoms with E-state index in [1.54, 1.807) is 6.07 Å². The molecule has 0 spiro atoms. The molecule has 3 aromatic carbocycles. The number of halogens is 2. The molecule has 0 saturated heterocycles. The van der Waals surface area contributed by atoms with Gasteiger partial charge < -0.3 is 10.3 Å². The quantitative estimate of drug-likeness (QED) is 0.479. The number of primary amides is 1. The number of fused-ring (bicyclic) bond motifs is 3. The summed E-state index contributed by atoms with van der Waals surface area (Å²) in [7, 11) is 0. The van der Waals surface area contributed by atoms with Crippen LogP contribution < -0.4 is 5.73 Å². The third-order valence-electron chi connectivity index (χ3n) is 4.91. The van der Waals surface area contributed by atoms with Crippen LogP contribution in [0.3, 0.4) is 0 Å². The summed E-state index contributed by atoms with van der Waals surface area (Å²) in [5, 5.41) is 2.91. The van der Waals surface area contributed by atoms with E-state index in [2.05, 4.69) is 23.6 Å². The number of nitrogens with zero attached hydrogens (tertiary/aromatic N) is 1. The van der Waals surface area contributed by atoms with Gasteiger partial charge >= 0.3 is 0 Å². The van der Waals surface area contributed by atoms with Crippen molar-refractivity contribution >= 4 is 50.9 Å².